The quantitative estimate of drug-likeness (QED) is 0.718. The maximum Gasteiger partial charge on any atom is 0.326 e. The van der Waals surface area contributed by atoms with E-state index < -0.39 is 12.0 Å². The lowest BCUT2D eigenvalue weighted by Crippen LogP contribution is -2.45. The van der Waals surface area contributed by atoms with Gasteiger partial charge in [0.05, 0.1) is 5.92 Å². The highest BCUT2D eigenvalue weighted by Crippen LogP contribution is 2.09. The molecule has 2 rings (SSSR count). The summed E-state index contributed by atoms with van der Waals surface area (Å²) in [4.78, 5) is 23.2. The summed E-state index contributed by atoms with van der Waals surface area (Å²) in [5.74, 6) is -1.28. The zero-order chi connectivity index (χ0) is 13.7. The van der Waals surface area contributed by atoms with Crippen LogP contribution in [-0.2, 0) is 16.0 Å². The molecule has 3 N–H and O–H groups in total. The van der Waals surface area contributed by atoms with Crippen LogP contribution in [0.5, 0.6) is 0 Å². The van der Waals surface area contributed by atoms with Crippen LogP contribution in [0.3, 0.4) is 0 Å². The van der Waals surface area contributed by atoms with Gasteiger partial charge in [0.25, 0.3) is 0 Å². The van der Waals surface area contributed by atoms with Crippen molar-refractivity contribution in [3.05, 3.63) is 35.9 Å². The first-order valence-electron chi connectivity index (χ1n) is 6.44. The highest BCUT2D eigenvalue weighted by atomic mass is 16.4. The van der Waals surface area contributed by atoms with Crippen molar-refractivity contribution in [2.75, 3.05) is 13.1 Å². The minimum Gasteiger partial charge on any atom is -0.480 e. The number of amides is 1. The Kier molecular flexibility index (Phi) is 4.52. The number of hydrogen-bond donors (Lipinski definition) is 3. The number of carboxylic acids is 1. The van der Waals surface area contributed by atoms with Gasteiger partial charge in [0.1, 0.15) is 6.04 Å². The second kappa shape index (κ2) is 6.33. The van der Waals surface area contributed by atoms with Gasteiger partial charge in [-0.05, 0) is 18.5 Å². The molecule has 5 nitrogen and oxygen atoms in total. The summed E-state index contributed by atoms with van der Waals surface area (Å²) in [6.07, 6.45) is 1.07. The molecular formula is C14H18N2O3. The molecule has 1 heterocycles. The molecular weight excluding hydrogens is 244 g/mol. The van der Waals surface area contributed by atoms with Crippen molar-refractivity contribution in [1.29, 1.82) is 0 Å². The first-order chi connectivity index (χ1) is 9.16. The highest BCUT2D eigenvalue weighted by molar-refractivity contribution is 5.85. The molecule has 1 saturated heterocycles. The molecule has 0 bridgehead atoms. The summed E-state index contributed by atoms with van der Waals surface area (Å²) >= 11 is 0. The van der Waals surface area contributed by atoms with Crippen LogP contribution in [0.4, 0.5) is 0 Å². The molecule has 1 aliphatic heterocycles. The summed E-state index contributed by atoms with van der Waals surface area (Å²) in [6.45, 7) is 1.44. The topological polar surface area (TPSA) is 78.4 Å². The lowest BCUT2D eigenvalue weighted by molar-refractivity contribution is -0.142. The Morgan fingerprint density at radius 3 is 2.68 bits per heavy atom. The van der Waals surface area contributed by atoms with Crippen LogP contribution in [-0.4, -0.2) is 36.1 Å². The molecule has 1 aliphatic rings. The van der Waals surface area contributed by atoms with Crippen molar-refractivity contribution >= 4 is 11.9 Å². The summed E-state index contributed by atoms with van der Waals surface area (Å²) in [6, 6.07) is 8.45. The maximum absolute atomic E-state index is 11.9. The largest absolute Gasteiger partial charge is 0.480 e. The van der Waals surface area contributed by atoms with Crippen LogP contribution in [0.1, 0.15) is 12.0 Å². The number of carboxylic acid groups (broad SMARTS) is 1. The summed E-state index contributed by atoms with van der Waals surface area (Å²) in [7, 11) is 0. The van der Waals surface area contributed by atoms with E-state index in [9.17, 15) is 14.7 Å². The van der Waals surface area contributed by atoms with Crippen LogP contribution in [0, 0.1) is 5.92 Å². The number of rotatable bonds is 5. The molecule has 0 radical (unpaired) electrons. The fraction of sp³-hybridized carbons (Fsp3) is 0.429. The van der Waals surface area contributed by atoms with E-state index in [1.807, 2.05) is 30.3 Å². The molecule has 0 spiro atoms. The maximum atomic E-state index is 11.9. The predicted molar refractivity (Wildman–Crippen MR) is 70.7 cm³/mol. The van der Waals surface area contributed by atoms with Crippen molar-refractivity contribution in [2.24, 2.45) is 5.92 Å². The van der Waals surface area contributed by atoms with E-state index in [1.165, 1.54) is 0 Å². The van der Waals surface area contributed by atoms with Gasteiger partial charge in [-0.25, -0.2) is 4.79 Å². The fourth-order valence-corrected chi connectivity index (χ4v) is 2.22. The molecule has 0 aliphatic carbocycles. The van der Waals surface area contributed by atoms with E-state index in [0.717, 1.165) is 18.5 Å². The molecule has 1 aromatic carbocycles. The number of carbonyl (C=O) groups is 2. The highest BCUT2D eigenvalue weighted by Gasteiger charge is 2.27. The van der Waals surface area contributed by atoms with Crippen molar-refractivity contribution < 1.29 is 14.7 Å². The van der Waals surface area contributed by atoms with Crippen LogP contribution in [0.15, 0.2) is 30.3 Å². The van der Waals surface area contributed by atoms with Crippen LogP contribution < -0.4 is 10.6 Å². The summed E-state index contributed by atoms with van der Waals surface area (Å²) in [5, 5.41) is 14.9. The monoisotopic (exact) mass is 262 g/mol. The summed E-state index contributed by atoms with van der Waals surface area (Å²) in [5.41, 5.74) is 0.903. The standard InChI is InChI=1S/C14H18N2O3/c17-13(11-6-7-15-9-11)16-12(14(18)19)8-10-4-2-1-3-5-10/h1-5,11-12,15H,6-9H2,(H,16,17)(H,18,19). The number of carbonyl (C=O) groups excluding carboxylic acids is 1. The number of aliphatic carboxylic acids is 1. The second-order valence-electron chi connectivity index (χ2n) is 4.78. The molecule has 2 unspecified atom stereocenters. The smallest absolute Gasteiger partial charge is 0.326 e. The Labute approximate surface area is 112 Å². The molecule has 2 atom stereocenters. The SMILES string of the molecule is O=C(NC(Cc1ccccc1)C(=O)O)C1CCNC1. The van der Waals surface area contributed by atoms with Gasteiger partial charge < -0.3 is 15.7 Å². The third-order valence-corrected chi connectivity index (χ3v) is 3.33. The first kappa shape index (κ1) is 13.5. The molecule has 0 saturated carbocycles. The molecule has 102 valence electrons. The molecule has 0 aromatic heterocycles. The van der Waals surface area contributed by atoms with E-state index >= 15 is 0 Å². The minimum atomic E-state index is -0.997. The van der Waals surface area contributed by atoms with Crippen LogP contribution >= 0.6 is 0 Å². The Hall–Kier alpha value is -1.88. The predicted octanol–water partition coefficient (Wildman–Crippen LogP) is 0.408. The second-order valence-corrected chi connectivity index (χ2v) is 4.78. The molecule has 5 heteroatoms. The van der Waals surface area contributed by atoms with Crippen molar-refractivity contribution in [3.63, 3.8) is 0 Å². The third kappa shape index (κ3) is 3.79. The Bertz CT molecular complexity index is 441. The average molecular weight is 262 g/mol. The van der Waals surface area contributed by atoms with Crippen molar-refractivity contribution in [1.82, 2.24) is 10.6 Å². The normalized spacial score (nSPS) is 19.9. The van der Waals surface area contributed by atoms with E-state index in [-0.39, 0.29) is 11.8 Å². The lowest BCUT2D eigenvalue weighted by atomic mass is 10.0. The van der Waals surface area contributed by atoms with Gasteiger partial charge in [0.15, 0.2) is 0 Å². The van der Waals surface area contributed by atoms with Crippen molar-refractivity contribution in [3.8, 4) is 0 Å². The molecule has 1 fully saturated rings. The van der Waals surface area contributed by atoms with Crippen LogP contribution in [0.25, 0.3) is 0 Å². The molecule has 1 aromatic rings. The van der Waals surface area contributed by atoms with Crippen LogP contribution in [0.2, 0.25) is 0 Å². The summed E-state index contributed by atoms with van der Waals surface area (Å²) < 4.78 is 0. The number of benzene rings is 1. The van der Waals surface area contributed by atoms with E-state index in [2.05, 4.69) is 10.6 Å². The minimum absolute atomic E-state index is 0.113. The zero-order valence-corrected chi connectivity index (χ0v) is 10.6. The number of hydrogen-bond acceptors (Lipinski definition) is 3. The van der Waals surface area contributed by atoms with E-state index in [0.29, 0.717) is 13.0 Å². The zero-order valence-electron chi connectivity index (χ0n) is 10.6. The Morgan fingerprint density at radius 1 is 1.37 bits per heavy atom. The van der Waals surface area contributed by atoms with Gasteiger partial charge >= 0.3 is 5.97 Å². The van der Waals surface area contributed by atoms with Gasteiger partial charge in [-0.15, -0.1) is 0 Å². The van der Waals surface area contributed by atoms with Gasteiger partial charge in [-0.3, -0.25) is 4.79 Å². The van der Waals surface area contributed by atoms with Gasteiger partial charge in [-0.1, -0.05) is 30.3 Å². The van der Waals surface area contributed by atoms with E-state index in [4.69, 9.17) is 0 Å². The molecule has 19 heavy (non-hydrogen) atoms. The average Bonchev–Trinajstić information content (AvgIpc) is 2.93. The first-order valence-corrected chi connectivity index (χ1v) is 6.44. The van der Waals surface area contributed by atoms with Gasteiger partial charge in [0, 0.05) is 13.0 Å². The number of nitrogens with one attached hydrogen (secondary N) is 2. The van der Waals surface area contributed by atoms with E-state index in [1.54, 1.807) is 0 Å². The lowest BCUT2D eigenvalue weighted by Gasteiger charge is -2.17. The third-order valence-electron chi connectivity index (χ3n) is 3.33. The van der Waals surface area contributed by atoms with Gasteiger partial charge in [0.2, 0.25) is 5.91 Å². The molecule has 1 amide bonds. The Balaban J connectivity index is 1.96. The van der Waals surface area contributed by atoms with Gasteiger partial charge in [-0.2, -0.15) is 0 Å². The fourth-order valence-electron chi connectivity index (χ4n) is 2.22. The Morgan fingerprint density at radius 2 is 2.11 bits per heavy atom. The van der Waals surface area contributed by atoms with Crippen molar-refractivity contribution in [2.45, 2.75) is 18.9 Å².